The SMILES string of the molecule is CCC12CCC1(CC)[n+]1ccccc1C1=NC(C(F)(F)F)NN12. The highest BCUT2D eigenvalue weighted by Gasteiger charge is 2.73. The van der Waals surface area contributed by atoms with Gasteiger partial charge in [0.2, 0.25) is 17.7 Å². The second kappa shape index (κ2) is 4.47. The van der Waals surface area contributed by atoms with Gasteiger partial charge in [-0.25, -0.2) is 4.99 Å². The molecule has 1 aromatic heterocycles. The van der Waals surface area contributed by atoms with Crippen molar-refractivity contribution in [1.29, 1.82) is 0 Å². The highest BCUT2D eigenvalue weighted by atomic mass is 19.4. The van der Waals surface area contributed by atoms with Gasteiger partial charge in [-0.2, -0.15) is 23.2 Å². The first-order chi connectivity index (χ1) is 10.9. The first-order valence-corrected chi connectivity index (χ1v) is 8.12. The summed E-state index contributed by atoms with van der Waals surface area (Å²) in [6.45, 7) is 4.17. The van der Waals surface area contributed by atoms with Crippen LogP contribution in [0.1, 0.15) is 45.2 Å². The first-order valence-electron chi connectivity index (χ1n) is 8.12. The summed E-state index contributed by atoms with van der Waals surface area (Å²) in [6.07, 6.45) is -0.761. The van der Waals surface area contributed by atoms with Crippen molar-refractivity contribution in [3.63, 3.8) is 0 Å². The van der Waals surface area contributed by atoms with Gasteiger partial charge in [-0.15, -0.1) is 0 Å². The molecule has 0 spiro atoms. The van der Waals surface area contributed by atoms with E-state index in [2.05, 4.69) is 28.8 Å². The smallest absolute Gasteiger partial charge is 0.271 e. The highest BCUT2D eigenvalue weighted by Crippen LogP contribution is 2.55. The number of hydrazine groups is 1. The Morgan fingerprint density at radius 2 is 2.09 bits per heavy atom. The van der Waals surface area contributed by atoms with Crippen molar-refractivity contribution in [3.8, 4) is 0 Å². The normalized spacial score (nSPS) is 35.1. The summed E-state index contributed by atoms with van der Waals surface area (Å²) >= 11 is 0. The van der Waals surface area contributed by atoms with Crippen molar-refractivity contribution >= 4 is 5.84 Å². The maximum Gasteiger partial charge on any atom is 0.425 e. The fourth-order valence-electron chi connectivity index (χ4n) is 4.75. The zero-order valence-electron chi connectivity index (χ0n) is 13.2. The molecule has 1 aromatic rings. The molecular weight excluding hydrogens is 305 g/mol. The van der Waals surface area contributed by atoms with Gasteiger partial charge in [0.25, 0.3) is 0 Å². The van der Waals surface area contributed by atoms with Crippen LogP contribution in [0.3, 0.4) is 0 Å². The van der Waals surface area contributed by atoms with Crippen LogP contribution in [0.25, 0.3) is 0 Å². The summed E-state index contributed by atoms with van der Waals surface area (Å²) in [5, 5.41) is 1.73. The minimum atomic E-state index is -4.39. The largest absolute Gasteiger partial charge is 0.425 e. The number of pyridine rings is 1. The Hall–Kier alpha value is -1.63. The highest BCUT2D eigenvalue weighted by molar-refractivity contribution is 5.98. The van der Waals surface area contributed by atoms with Gasteiger partial charge in [-0.05, 0) is 18.9 Å². The molecule has 1 fully saturated rings. The van der Waals surface area contributed by atoms with Gasteiger partial charge in [-0.3, -0.25) is 5.01 Å². The van der Waals surface area contributed by atoms with Crippen molar-refractivity contribution < 1.29 is 17.7 Å². The summed E-state index contributed by atoms with van der Waals surface area (Å²) in [5.41, 5.74) is 2.89. The fraction of sp³-hybridized carbons (Fsp3) is 0.625. The van der Waals surface area contributed by atoms with E-state index in [4.69, 9.17) is 0 Å². The maximum atomic E-state index is 13.2. The lowest BCUT2D eigenvalue weighted by atomic mass is 9.55. The van der Waals surface area contributed by atoms with E-state index in [-0.39, 0.29) is 11.1 Å². The Bertz CT molecular complexity index is 678. The summed E-state index contributed by atoms with van der Waals surface area (Å²) in [6, 6.07) is 5.66. The molecule has 3 unspecified atom stereocenters. The zero-order valence-corrected chi connectivity index (χ0v) is 13.2. The monoisotopic (exact) mass is 325 g/mol. The van der Waals surface area contributed by atoms with Crippen molar-refractivity contribution in [2.45, 2.75) is 63.0 Å². The lowest BCUT2D eigenvalue weighted by molar-refractivity contribution is -0.798. The van der Waals surface area contributed by atoms with Crippen LogP contribution >= 0.6 is 0 Å². The minimum absolute atomic E-state index is 0.176. The maximum absolute atomic E-state index is 13.2. The number of alkyl halides is 3. The Balaban J connectivity index is 1.93. The molecule has 4 nitrogen and oxygen atoms in total. The van der Waals surface area contributed by atoms with E-state index in [1.54, 1.807) is 5.01 Å². The van der Waals surface area contributed by atoms with Crippen molar-refractivity contribution in [1.82, 2.24) is 10.4 Å². The molecule has 0 amide bonds. The Kier molecular flexibility index (Phi) is 2.90. The van der Waals surface area contributed by atoms with Crippen LogP contribution in [0.15, 0.2) is 29.4 Å². The molecular formula is C16H20F3N4+. The third kappa shape index (κ3) is 1.61. The molecule has 0 aromatic carbocycles. The predicted molar refractivity (Wildman–Crippen MR) is 78.5 cm³/mol. The van der Waals surface area contributed by atoms with E-state index in [0.717, 1.165) is 31.4 Å². The van der Waals surface area contributed by atoms with Crippen LogP contribution in [0.4, 0.5) is 13.2 Å². The molecule has 3 atom stereocenters. The number of hydrogen-bond donors (Lipinski definition) is 1. The van der Waals surface area contributed by atoms with Crippen LogP contribution in [-0.2, 0) is 5.54 Å². The second-order valence-corrected chi connectivity index (χ2v) is 6.59. The average molecular weight is 325 g/mol. The second-order valence-electron chi connectivity index (χ2n) is 6.59. The van der Waals surface area contributed by atoms with Crippen LogP contribution < -0.4 is 9.99 Å². The Morgan fingerprint density at radius 1 is 1.30 bits per heavy atom. The summed E-state index contributed by atoms with van der Waals surface area (Å²) in [7, 11) is 0. The minimum Gasteiger partial charge on any atom is -0.271 e. The quantitative estimate of drug-likeness (QED) is 0.847. The number of rotatable bonds is 2. The Labute approximate surface area is 133 Å². The average Bonchev–Trinajstić information content (AvgIpc) is 2.94. The first kappa shape index (κ1) is 14.9. The van der Waals surface area contributed by atoms with Crippen molar-refractivity contribution in [2.24, 2.45) is 4.99 Å². The molecule has 23 heavy (non-hydrogen) atoms. The van der Waals surface area contributed by atoms with Crippen LogP contribution in [0, 0.1) is 0 Å². The predicted octanol–water partition coefficient (Wildman–Crippen LogP) is 2.49. The van der Waals surface area contributed by atoms with E-state index in [1.165, 1.54) is 0 Å². The molecule has 2 aliphatic heterocycles. The number of aromatic nitrogens is 1. The third-order valence-electron chi connectivity index (χ3n) is 5.99. The van der Waals surface area contributed by atoms with Crippen molar-refractivity contribution in [3.05, 3.63) is 30.1 Å². The van der Waals surface area contributed by atoms with E-state index in [1.807, 2.05) is 24.4 Å². The number of fused-ring (bicyclic) bond motifs is 6. The number of hydrogen-bond acceptors (Lipinski definition) is 3. The third-order valence-corrected chi connectivity index (χ3v) is 5.99. The van der Waals surface area contributed by atoms with E-state index < -0.39 is 12.3 Å². The van der Waals surface area contributed by atoms with Gasteiger partial charge in [0, 0.05) is 25.0 Å². The van der Waals surface area contributed by atoms with Crippen LogP contribution in [0.5, 0.6) is 0 Å². The van der Waals surface area contributed by atoms with Gasteiger partial charge in [0.05, 0.1) is 0 Å². The van der Waals surface area contributed by atoms with Gasteiger partial charge in [0.15, 0.2) is 11.7 Å². The molecule has 3 heterocycles. The van der Waals surface area contributed by atoms with Gasteiger partial charge in [0.1, 0.15) is 5.54 Å². The van der Waals surface area contributed by atoms with E-state index >= 15 is 0 Å². The number of aliphatic imine (C=N–C) groups is 1. The molecule has 0 bridgehead atoms. The lowest BCUT2D eigenvalue weighted by Crippen LogP contribution is -2.86. The molecule has 1 saturated carbocycles. The van der Waals surface area contributed by atoms with Gasteiger partial charge >= 0.3 is 6.18 Å². The van der Waals surface area contributed by atoms with Crippen LogP contribution in [-0.4, -0.2) is 28.7 Å². The number of amidine groups is 1. The molecule has 0 saturated heterocycles. The topological polar surface area (TPSA) is 31.5 Å². The zero-order chi connectivity index (χ0) is 16.5. The van der Waals surface area contributed by atoms with Gasteiger partial charge < -0.3 is 0 Å². The van der Waals surface area contributed by atoms with Crippen molar-refractivity contribution in [2.75, 3.05) is 0 Å². The molecule has 7 heteroatoms. The molecule has 1 aliphatic carbocycles. The van der Waals surface area contributed by atoms with E-state index in [0.29, 0.717) is 5.84 Å². The standard InChI is InChI=1S/C16H20F3N4/c1-3-14-8-9-15(14,4-2)23-12(11-7-5-6-10-22(11)14)20-13(21-23)16(17,18)19/h5-7,10,13,21H,3-4,8-9H2,1-2H3/q+1. The number of nitrogens with one attached hydrogen (secondary N) is 1. The van der Waals surface area contributed by atoms with E-state index in [9.17, 15) is 13.2 Å². The summed E-state index contributed by atoms with van der Waals surface area (Å²) < 4.78 is 41.8. The number of halogens is 3. The Morgan fingerprint density at radius 3 is 2.65 bits per heavy atom. The lowest BCUT2D eigenvalue weighted by Gasteiger charge is -2.61. The molecule has 124 valence electrons. The molecule has 1 N–H and O–H groups in total. The summed E-state index contributed by atoms with van der Waals surface area (Å²) in [4.78, 5) is 3.99. The number of nitrogens with zero attached hydrogens (tertiary/aromatic N) is 3. The fourth-order valence-corrected chi connectivity index (χ4v) is 4.75. The molecule has 0 radical (unpaired) electrons. The summed E-state index contributed by atoms with van der Waals surface area (Å²) in [5.74, 6) is 0.415. The molecule has 4 rings (SSSR count). The van der Waals surface area contributed by atoms with Crippen LogP contribution in [0.2, 0.25) is 0 Å². The van der Waals surface area contributed by atoms with Gasteiger partial charge in [-0.1, -0.05) is 13.8 Å². The molecule has 3 aliphatic rings.